The lowest BCUT2D eigenvalue weighted by Crippen LogP contribution is -2.47. The molecule has 2 aromatic heterocycles. The second kappa shape index (κ2) is 9.24. The summed E-state index contributed by atoms with van der Waals surface area (Å²) in [5.41, 5.74) is 3.60. The van der Waals surface area contributed by atoms with Gasteiger partial charge in [0.25, 0.3) is 5.56 Å². The Balaban J connectivity index is 1.35. The van der Waals surface area contributed by atoms with Gasteiger partial charge in [0.05, 0.1) is 5.69 Å². The summed E-state index contributed by atoms with van der Waals surface area (Å²) in [4.78, 5) is 29.5. The van der Waals surface area contributed by atoms with E-state index in [0.717, 1.165) is 44.0 Å². The minimum Gasteiger partial charge on any atom is -0.503 e. The van der Waals surface area contributed by atoms with Crippen LogP contribution in [0.2, 0.25) is 0 Å². The van der Waals surface area contributed by atoms with E-state index in [9.17, 15) is 14.7 Å². The SMILES string of the molecule is CN(Cc1ccccc1)Cc1c(O)c(=O)cc(CN2CC3CC(C2)c2cccc(=O)n2C3)n1C. The maximum absolute atomic E-state index is 12.7. The van der Waals surface area contributed by atoms with E-state index >= 15 is 0 Å². The molecular weight excluding hydrogens is 428 g/mol. The van der Waals surface area contributed by atoms with Crippen molar-refractivity contribution in [2.75, 3.05) is 20.1 Å². The van der Waals surface area contributed by atoms with Crippen molar-refractivity contribution in [1.29, 1.82) is 0 Å². The molecule has 2 aliphatic heterocycles. The van der Waals surface area contributed by atoms with Crippen LogP contribution in [-0.2, 0) is 33.2 Å². The number of nitrogens with zero attached hydrogens (tertiary/aromatic N) is 4. The minimum atomic E-state index is -0.328. The summed E-state index contributed by atoms with van der Waals surface area (Å²) < 4.78 is 3.91. The van der Waals surface area contributed by atoms with E-state index in [4.69, 9.17) is 0 Å². The second-order valence-corrected chi connectivity index (χ2v) is 9.90. The molecule has 4 heterocycles. The van der Waals surface area contributed by atoms with Crippen LogP contribution in [0.1, 0.15) is 35.0 Å². The van der Waals surface area contributed by atoms with Gasteiger partial charge in [-0.2, -0.15) is 0 Å². The highest BCUT2D eigenvalue weighted by Gasteiger charge is 2.34. The molecular formula is C27H32N4O3. The Bertz CT molecular complexity index is 1300. The van der Waals surface area contributed by atoms with Gasteiger partial charge in [0.15, 0.2) is 5.75 Å². The van der Waals surface area contributed by atoms with Crippen LogP contribution in [0, 0.1) is 5.92 Å². The van der Waals surface area contributed by atoms with Crippen LogP contribution in [0.5, 0.6) is 5.75 Å². The van der Waals surface area contributed by atoms with Gasteiger partial charge in [-0.1, -0.05) is 36.4 Å². The molecule has 0 amide bonds. The average Bonchev–Trinajstić information content (AvgIpc) is 2.81. The number of fused-ring (bicyclic) bond motifs is 4. The highest BCUT2D eigenvalue weighted by atomic mass is 16.3. The predicted octanol–water partition coefficient (Wildman–Crippen LogP) is 2.50. The van der Waals surface area contributed by atoms with Crippen LogP contribution in [0.25, 0.3) is 0 Å². The molecule has 2 unspecified atom stereocenters. The Kier molecular flexibility index (Phi) is 6.15. The summed E-state index contributed by atoms with van der Waals surface area (Å²) in [5, 5.41) is 10.6. The Hall–Kier alpha value is -3.16. The minimum absolute atomic E-state index is 0.0887. The fraction of sp³-hybridized carbons (Fsp3) is 0.407. The molecule has 3 aromatic rings. The molecule has 0 radical (unpaired) electrons. The van der Waals surface area contributed by atoms with Crippen molar-refractivity contribution in [2.45, 2.75) is 38.5 Å². The lowest BCUT2D eigenvalue weighted by Gasteiger charge is -2.43. The van der Waals surface area contributed by atoms with Crippen molar-refractivity contribution in [1.82, 2.24) is 18.9 Å². The maximum atomic E-state index is 12.7. The van der Waals surface area contributed by atoms with Gasteiger partial charge in [0.1, 0.15) is 0 Å². The van der Waals surface area contributed by atoms with E-state index in [1.165, 1.54) is 5.56 Å². The third-order valence-corrected chi connectivity index (χ3v) is 7.30. The third-order valence-electron chi connectivity index (χ3n) is 7.30. The number of rotatable bonds is 6. The second-order valence-electron chi connectivity index (χ2n) is 9.90. The van der Waals surface area contributed by atoms with Crippen LogP contribution in [0.4, 0.5) is 0 Å². The molecule has 1 aromatic carbocycles. The van der Waals surface area contributed by atoms with Gasteiger partial charge in [-0.05, 0) is 31.0 Å². The smallest absolute Gasteiger partial charge is 0.250 e. The number of hydrogen-bond donors (Lipinski definition) is 1. The first-order valence-electron chi connectivity index (χ1n) is 11.9. The van der Waals surface area contributed by atoms with E-state index in [0.29, 0.717) is 30.6 Å². The molecule has 2 aliphatic rings. The molecule has 0 saturated carbocycles. The van der Waals surface area contributed by atoms with E-state index in [-0.39, 0.29) is 16.7 Å². The molecule has 0 spiro atoms. The van der Waals surface area contributed by atoms with Crippen molar-refractivity contribution >= 4 is 0 Å². The van der Waals surface area contributed by atoms with Crippen molar-refractivity contribution in [3.8, 4) is 5.75 Å². The van der Waals surface area contributed by atoms with E-state index < -0.39 is 0 Å². The highest BCUT2D eigenvalue weighted by Crippen LogP contribution is 2.35. The van der Waals surface area contributed by atoms with Gasteiger partial charge in [-0.25, -0.2) is 0 Å². The molecule has 2 atom stereocenters. The van der Waals surface area contributed by atoms with Crippen LogP contribution in [0.3, 0.4) is 0 Å². The summed E-state index contributed by atoms with van der Waals surface area (Å²) in [5.74, 6) is 0.582. The van der Waals surface area contributed by atoms with Crippen LogP contribution in [-0.4, -0.2) is 44.2 Å². The number of hydrogen-bond acceptors (Lipinski definition) is 5. The zero-order chi connectivity index (χ0) is 23.8. The van der Waals surface area contributed by atoms with Gasteiger partial charge in [0, 0.05) is 75.8 Å². The van der Waals surface area contributed by atoms with Crippen molar-refractivity contribution < 1.29 is 5.11 Å². The first-order valence-corrected chi connectivity index (χ1v) is 11.9. The summed E-state index contributed by atoms with van der Waals surface area (Å²) in [6.45, 7) is 4.36. The molecule has 1 saturated heterocycles. The van der Waals surface area contributed by atoms with Gasteiger partial charge in [-0.15, -0.1) is 0 Å². The maximum Gasteiger partial charge on any atom is 0.250 e. The van der Waals surface area contributed by atoms with Gasteiger partial charge in [0.2, 0.25) is 5.43 Å². The molecule has 1 fully saturated rings. The lowest BCUT2D eigenvalue weighted by atomic mass is 9.83. The predicted molar refractivity (Wildman–Crippen MR) is 132 cm³/mol. The Labute approximate surface area is 199 Å². The summed E-state index contributed by atoms with van der Waals surface area (Å²) in [6.07, 6.45) is 1.10. The topological polar surface area (TPSA) is 70.7 Å². The Morgan fingerprint density at radius 2 is 1.79 bits per heavy atom. The lowest BCUT2D eigenvalue weighted by molar-refractivity contribution is 0.112. The Morgan fingerprint density at radius 1 is 1.00 bits per heavy atom. The molecule has 1 N–H and O–H groups in total. The van der Waals surface area contributed by atoms with Crippen molar-refractivity contribution in [3.05, 3.63) is 97.8 Å². The quantitative estimate of drug-likeness (QED) is 0.612. The molecule has 7 nitrogen and oxygen atoms in total. The fourth-order valence-electron chi connectivity index (χ4n) is 5.68. The number of likely N-dealkylation sites (tertiary alicyclic amines) is 1. The third kappa shape index (κ3) is 4.45. The normalized spacial score (nSPS) is 19.9. The van der Waals surface area contributed by atoms with E-state index in [1.807, 2.05) is 47.5 Å². The molecule has 7 heteroatoms. The number of aromatic nitrogens is 2. The van der Waals surface area contributed by atoms with Gasteiger partial charge >= 0.3 is 0 Å². The van der Waals surface area contributed by atoms with Crippen LogP contribution >= 0.6 is 0 Å². The Morgan fingerprint density at radius 3 is 2.59 bits per heavy atom. The summed E-state index contributed by atoms with van der Waals surface area (Å²) in [7, 11) is 3.93. The van der Waals surface area contributed by atoms with Gasteiger partial charge in [-0.3, -0.25) is 19.4 Å². The van der Waals surface area contributed by atoms with E-state index in [1.54, 1.807) is 12.1 Å². The number of aromatic hydroxyl groups is 1. The first-order chi connectivity index (χ1) is 16.4. The molecule has 178 valence electrons. The van der Waals surface area contributed by atoms with Crippen molar-refractivity contribution in [3.63, 3.8) is 0 Å². The number of pyridine rings is 2. The number of piperidine rings is 1. The largest absolute Gasteiger partial charge is 0.503 e. The zero-order valence-electron chi connectivity index (χ0n) is 19.9. The summed E-state index contributed by atoms with van der Waals surface area (Å²) >= 11 is 0. The van der Waals surface area contributed by atoms with Crippen LogP contribution in [0.15, 0.2) is 64.2 Å². The molecule has 0 aliphatic carbocycles. The number of benzene rings is 1. The first kappa shape index (κ1) is 22.6. The van der Waals surface area contributed by atoms with Crippen molar-refractivity contribution in [2.24, 2.45) is 13.0 Å². The zero-order valence-corrected chi connectivity index (χ0v) is 19.9. The molecule has 2 bridgehead atoms. The molecule has 34 heavy (non-hydrogen) atoms. The van der Waals surface area contributed by atoms with E-state index in [2.05, 4.69) is 28.0 Å². The van der Waals surface area contributed by atoms with Crippen LogP contribution < -0.4 is 11.0 Å². The van der Waals surface area contributed by atoms with Gasteiger partial charge < -0.3 is 14.2 Å². The molecule has 5 rings (SSSR count). The standard InChI is InChI=1S/C27H32N4O3/c1-28(13-19-7-4-3-5-8-19)18-24-27(34)25(32)12-22(29(24)2)17-30-14-20-11-21(16-30)23-9-6-10-26(33)31(23)15-20/h3-10,12,20-21,34H,11,13-18H2,1-2H3. The highest BCUT2D eigenvalue weighted by molar-refractivity contribution is 5.30. The summed E-state index contributed by atoms with van der Waals surface area (Å²) in [6, 6.07) is 17.3. The fourth-order valence-corrected chi connectivity index (χ4v) is 5.68. The average molecular weight is 461 g/mol. The monoisotopic (exact) mass is 460 g/mol.